The van der Waals surface area contributed by atoms with Gasteiger partial charge in [-0.2, -0.15) is 0 Å². The van der Waals surface area contributed by atoms with Crippen molar-refractivity contribution < 1.29 is 19.1 Å². The lowest BCUT2D eigenvalue weighted by Crippen LogP contribution is -2.43. The summed E-state index contributed by atoms with van der Waals surface area (Å²) in [7, 11) is 1.32. The SMILES string of the molecule is CCCC(=O)N1CCC[C@@H]1C(=O)Nc1nc(CC(=O)OC)cs1. The molecule has 1 N–H and O–H groups in total. The molecule has 7 nitrogen and oxygen atoms in total. The third-order valence-electron chi connectivity index (χ3n) is 3.67. The van der Waals surface area contributed by atoms with Crippen LogP contribution in [0.25, 0.3) is 0 Å². The first-order chi connectivity index (χ1) is 11.0. The van der Waals surface area contributed by atoms with E-state index in [9.17, 15) is 14.4 Å². The number of nitrogens with one attached hydrogen (secondary N) is 1. The number of aromatic nitrogens is 1. The van der Waals surface area contributed by atoms with Gasteiger partial charge in [-0.25, -0.2) is 4.98 Å². The van der Waals surface area contributed by atoms with Gasteiger partial charge in [0.2, 0.25) is 11.8 Å². The quantitative estimate of drug-likeness (QED) is 0.795. The second-order valence-corrected chi connectivity index (χ2v) is 6.24. The zero-order valence-corrected chi connectivity index (χ0v) is 14.1. The first-order valence-corrected chi connectivity index (χ1v) is 8.54. The molecule has 0 aliphatic carbocycles. The Labute approximate surface area is 139 Å². The lowest BCUT2D eigenvalue weighted by atomic mass is 10.2. The molecule has 2 heterocycles. The largest absolute Gasteiger partial charge is 0.469 e. The van der Waals surface area contributed by atoms with E-state index in [1.54, 1.807) is 10.3 Å². The number of methoxy groups -OCH3 is 1. The van der Waals surface area contributed by atoms with E-state index in [2.05, 4.69) is 15.0 Å². The van der Waals surface area contributed by atoms with E-state index in [-0.39, 0.29) is 24.2 Å². The minimum atomic E-state index is -0.429. The monoisotopic (exact) mass is 339 g/mol. The lowest BCUT2D eigenvalue weighted by Gasteiger charge is -2.23. The Balaban J connectivity index is 1.95. The van der Waals surface area contributed by atoms with Crippen molar-refractivity contribution in [2.45, 2.75) is 45.1 Å². The van der Waals surface area contributed by atoms with E-state index in [0.29, 0.717) is 30.2 Å². The van der Waals surface area contributed by atoms with Crippen molar-refractivity contribution in [3.8, 4) is 0 Å². The molecule has 2 amide bonds. The Kier molecular flexibility index (Phi) is 6.09. The van der Waals surface area contributed by atoms with Crippen molar-refractivity contribution >= 4 is 34.3 Å². The summed E-state index contributed by atoms with van der Waals surface area (Å²) in [6, 6.07) is -0.429. The summed E-state index contributed by atoms with van der Waals surface area (Å²) < 4.78 is 4.58. The number of anilines is 1. The average molecular weight is 339 g/mol. The van der Waals surface area contributed by atoms with Gasteiger partial charge in [0, 0.05) is 18.3 Å². The minimum absolute atomic E-state index is 0.0238. The molecule has 23 heavy (non-hydrogen) atoms. The molecular weight excluding hydrogens is 318 g/mol. The predicted octanol–water partition coefficient (Wildman–Crippen LogP) is 1.59. The molecule has 1 aliphatic rings. The van der Waals surface area contributed by atoms with Crippen molar-refractivity contribution in [1.29, 1.82) is 0 Å². The maximum atomic E-state index is 12.4. The Morgan fingerprint density at radius 3 is 2.96 bits per heavy atom. The number of ether oxygens (including phenoxy) is 1. The van der Waals surface area contributed by atoms with Crippen molar-refractivity contribution in [2.75, 3.05) is 19.0 Å². The zero-order chi connectivity index (χ0) is 16.8. The second kappa shape index (κ2) is 8.05. The zero-order valence-electron chi connectivity index (χ0n) is 13.3. The van der Waals surface area contributed by atoms with Crippen LogP contribution in [-0.4, -0.2) is 47.4 Å². The van der Waals surface area contributed by atoms with Gasteiger partial charge in [0.1, 0.15) is 6.04 Å². The molecule has 1 aromatic heterocycles. The van der Waals surface area contributed by atoms with Gasteiger partial charge in [-0.1, -0.05) is 6.92 Å². The summed E-state index contributed by atoms with van der Waals surface area (Å²) in [5, 5.41) is 4.89. The standard InChI is InChI=1S/C15H21N3O4S/c1-3-5-12(19)18-7-4-6-11(18)14(21)17-15-16-10(9-23-15)8-13(20)22-2/h9,11H,3-8H2,1-2H3,(H,16,17,21)/t11-/m1/s1. The Hall–Kier alpha value is -1.96. The highest BCUT2D eigenvalue weighted by Gasteiger charge is 2.33. The Morgan fingerprint density at radius 1 is 1.48 bits per heavy atom. The molecule has 0 bridgehead atoms. The molecule has 126 valence electrons. The van der Waals surface area contributed by atoms with Crippen LogP contribution in [-0.2, 0) is 25.5 Å². The lowest BCUT2D eigenvalue weighted by molar-refractivity contribution is -0.139. The molecule has 2 rings (SSSR count). The average Bonchev–Trinajstić information content (AvgIpc) is 3.16. The van der Waals surface area contributed by atoms with Gasteiger partial charge in [-0.15, -0.1) is 11.3 Å². The molecule has 0 unspecified atom stereocenters. The number of hydrogen-bond acceptors (Lipinski definition) is 6. The van der Waals surface area contributed by atoms with E-state index in [1.807, 2.05) is 6.92 Å². The molecule has 0 spiro atoms. The van der Waals surface area contributed by atoms with Gasteiger partial charge in [0.05, 0.1) is 19.2 Å². The molecule has 0 radical (unpaired) electrons. The molecule has 1 aromatic rings. The number of likely N-dealkylation sites (tertiary alicyclic amines) is 1. The van der Waals surface area contributed by atoms with Gasteiger partial charge < -0.3 is 15.0 Å². The van der Waals surface area contributed by atoms with E-state index >= 15 is 0 Å². The van der Waals surface area contributed by atoms with Gasteiger partial charge in [-0.05, 0) is 19.3 Å². The van der Waals surface area contributed by atoms with Gasteiger partial charge >= 0.3 is 5.97 Å². The first kappa shape index (κ1) is 17.4. The van der Waals surface area contributed by atoms with Crippen molar-refractivity contribution in [3.05, 3.63) is 11.1 Å². The van der Waals surface area contributed by atoms with Crippen LogP contribution in [0.3, 0.4) is 0 Å². The van der Waals surface area contributed by atoms with Gasteiger partial charge in [0.15, 0.2) is 5.13 Å². The van der Waals surface area contributed by atoms with Crippen LogP contribution in [0.2, 0.25) is 0 Å². The number of thiazole rings is 1. The topological polar surface area (TPSA) is 88.6 Å². The molecule has 0 saturated carbocycles. The highest BCUT2D eigenvalue weighted by atomic mass is 32.1. The van der Waals surface area contributed by atoms with E-state index in [4.69, 9.17) is 0 Å². The maximum Gasteiger partial charge on any atom is 0.311 e. The van der Waals surface area contributed by atoms with Crippen LogP contribution >= 0.6 is 11.3 Å². The molecule has 8 heteroatoms. The van der Waals surface area contributed by atoms with Gasteiger partial charge in [-0.3, -0.25) is 14.4 Å². The molecule has 1 saturated heterocycles. The fourth-order valence-corrected chi connectivity index (χ4v) is 3.26. The third kappa shape index (κ3) is 4.51. The van der Waals surface area contributed by atoms with Crippen molar-refractivity contribution in [3.63, 3.8) is 0 Å². The van der Waals surface area contributed by atoms with Crippen LogP contribution in [0.15, 0.2) is 5.38 Å². The first-order valence-electron chi connectivity index (χ1n) is 7.66. The summed E-state index contributed by atoms with van der Waals surface area (Å²) in [6.07, 6.45) is 2.81. The summed E-state index contributed by atoms with van der Waals surface area (Å²) in [5.74, 6) is -0.568. The smallest absolute Gasteiger partial charge is 0.311 e. The normalized spacial score (nSPS) is 17.1. The number of carbonyl (C=O) groups excluding carboxylic acids is 3. The Bertz CT molecular complexity index is 587. The highest BCUT2D eigenvalue weighted by Crippen LogP contribution is 2.22. The molecule has 1 fully saturated rings. The summed E-state index contributed by atoms with van der Waals surface area (Å²) in [5.41, 5.74) is 0.558. The van der Waals surface area contributed by atoms with E-state index in [1.165, 1.54) is 18.4 Å². The molecular formula is C15H21N3O4S. The number of hydrogen-bond donors (Lipinski definition) is 1. The fraction of sp³-hybridized carbons (Fsp3) is 0.600. The van der Waals surface area contributed by atoms with Crippen molar-refractivity contribution in [2.24, 2.45) is 0 Å². The van der Waals surface area contributed by atoms with Crippen LogP contribution in [0.1, 0.15) is 38.3 Å². The number of nitrogens with zero attached hydrogens (tertiary/aromatic N) is 2. The number of carbonyl (C=O) groups is 3. The van der Waals surface area contributed by atoms with Gasteiger partial charge in [0.25, 0.3) is 0 Å². The summed E-state index contributed by atoms with van der Waals surface area (Å²) in [4.78, 5) is 41.5. The minimum Gasteiger partial charge on any atom is -0.469 e. The maximum absolute atomic E-state index is 12.4. The van der Waals surface area contributed by atoms with Crippen LogP contribution in [0.4, 0.5) is 5.13 Å². The molecule has 0 aromatic carbocycles. The number of amides is 2. The second-order valence-electron chi connectivity index (χ2n) is 5.38. The summed E-state index contributed by atoms with van der Waals surface area (Å²) in [6.45, 7) is 2.57. The highest BCUT2D eigenvalue weighted by molar-refractivity contribution is 7.13. The molecule has 1 aliphatic heterocycles. The fourth-order valence-electron chi connectivity index (χ4n) is 2.55. The number of esters is 1. The van der Waals surface area contributed by atoms with Crippen LogP contribution < -0.4 is 5.32 Å². The summed E-state index contributed by atoms with van der Waals surface area (Å²) >= 11 is 1.25. The predicted molar refractivity (Wildman–Crippen MR) is 86.1 cm³/mol. The van der Waals surface area contributed by atoms with Crippen LogP contribution in [0, 0.1) is 0 Å². The third-order valence-corrected chi connectivity index (χ3v) is 4.48. The van der Waals surface area contributed by atoms with E-state index in [0.717, 1.165) is 12.8 Å². The Morgan fingerprint density at radius 2 is 2.26 bits per heavy atom. The van der Waals surface area contributed by atoms with Crippen molar-refractivity contribution in [1.82, 2.24) is 9.88 Å². The van der Waals surface area contributed by atoms with Crippen LogP contribution in [0.5, 0.6) is 0 Å². The molecule has 1 atom stereocenters. The number of rotatable bonds is 6. The van der Waals surface area contributed by atoms with E-state index < -0.39 is 6.04 Å².